The van der Waals surface area contributed by atoms with E-state index in [2.05, 4.69) is 0 Å². The van der Waals surface area contributed by atoms with Gasteiger partial charge in [0.05, 0.1) is 5.57 Å². The Hall–Kier alpha value is -2.62. The lowest BCUT2D eigenvalue weighted by Crippen LogP contribution is -2.04. The molecule has 0 amide bonds. The molecule has 1 aliphatic carbocycles. The SMILES string of the molecule is O=C(O)C1=CCC(c2ccn(-c3ccc(F)cc3)c2)C=C1. The first kappa shape index (κ1) is 13.4. The second-order valence-corrected chi connectivity index (χ2v) is 4.99. The summed E-state index contributed by atoms with van der Waals surface area (Å²) in [7, 11) is 0. The summed E-state index contributed by atoms with van der Waals surface area (Å²) in [6.45, 7) is 0. The summed E-state index contributed by atoms with van der Waals surface area (Å²) in [5.74, 6) is -0.976. The highest BCUT2D eigenvalue weighted by atomic mass is 19.1. The van der Waals surface area contributed by atoms with Gasteiger partial charge in [-0.15, -0.1) is 0 Å². The predicted octanol–water partition coefficient (Wildman–Crippen LogP) is 3.67. The fraction of sp³-hybridized carbons (Fsp3) is 0.118. The third-order valence-electron chi connectivity index (χ3n) is 3.62. The van der Waals surface area contributed by atoms with Crippen LogP contribution in [-0.2, 0) is 4.79 Å². The summed E-state index contributed by atoms with van der Waals surface area (Å²) in [6, 6.07) is 8.29. The highest BCUT2D eigenvalue weighted by Crippen LogP contribution is 2.28. The second kappa shape index (κ2) is 5.40. The number of nitrogens with zero attached hydrogens (tertiary/aromatic N) is 1. The van der Waals surface area contributed by atoms with Gasteiger partial charge >= 0.3 is 5.97 Å². The molecular formula is C17H14FNO2. The molecule has 1 aliphatic rings. The van der Waals surface area contributed by atoms with Crippen LogP contribution in [0.5, 0.6) is 0 Å². The van der Waals surface area contributed by atoms with Crippen LogP contribution in [0, 0.1) is 5.82 Å². The monoisotopic (exact) mass is 283 g/mol. The Morgan fingerprint density at radius 3 is 2.62 bits per heavy atom. The van der Waals surface area contributed by atoms with Gasteiger partial charge in [-0.25, -0.2) is 9.18 Å². The largest absolute Gasteiger partial charge is 0.478 e. The normalized spacial score (nSPS) is 17.6. The molecule has 0 aliphatic heterocycles. The number of halogens is 1. The van der Waals surface area contributed by atoms with Gasteiger partial charge in [0.1, 0.15) is 5.82 Å². The molecule has 0 saturated heterocycles. The Balaban J connectivity index is 1.79. The van der Waals surface area contributed by atoms with E-state index in [-0.39, 0.29) is 11.7 Å². The number of hydrogen-bond acceptors (Lipinski definition) is 1. The second-order valence-electron chi connectivity index (χ2n) is 4.99. The van der Waals surface area contributed by atoms with Gasteiger partial charge in [0.25, 0.3) is 0 Å². The quantitative estimate of drug-likeness (QED) is 0.933. The molecule has 0 bridgehead atoms. The minimum Gasteiger partial charge on any atom is -0.478 e. The van der Waals surface area contributed by atoms with Crippen molar-refractivity contribution >= 4 is 5.97 Å². The fourth-order valence-corrected chi connectivity index (χ4v) is 2.43. The number of carboxylic acid groups (broad SMARTS) is 1. The summed E-state index contributed by atoms with van der Waals surface area (Å²) in [5, 5.41) is 8.92. The number of aromatic nitrogens is 1. The van der Waals surface area contributed by atoms with Crippen LogP contribution in [0.1, 0.15) is 17.9 Å². The van der Waals surface area contributed by atoms with E-state index in [0.717, 1.165) is 11.3 Å². The smallest absolute Gasteiger partial charge is 0.335 e. The first-order valence-electron chi connectivity index (χ1n) is 6.69. The highest BCUT2D eigenvalue weighted by Gasteiger charge is 2.15. The number of allylic oxidation sites excluding steroid dienone is 2. The minimum absolute atomic E-state index is 0.176. The lowest BCUT2D eigenvalue weighted by Gasteiger charge is -2.13. The lowest BCUT2D eigenvalue weighted by molar-refractivity contribution is -0.132. The number of aliphatic carboxylic acids is 1. The lowest BCUT2D eigenvalue weighted by atomic mass is 9.92. The Morgan fingerprint density at radius 2 is 2.00 bits per heavy atom. The van der Waals surface area contributed by atoms with Crippen molar-refractivity contribution in [3.63, 3.8) is 0 Å². The molecule has 0 radical (unpaired) electrons. The van der Waals surface area contributed by atoms with Gasteiger partial charge in [0.15, 0.2) is 0 Å². The highest BCUT2D eigenvalue weighted by molar-refractivity contribution is 5.90. The van der Waals surface area contributed by atoms with E-state index in [1.807, 2.05) is 29.1 Å². The van der Waals surface area contributed by atoms with Crippen molar-refractivity contribution < 1.29 is 14.3 Å². The number of carbonyl (C=O) groups is 1. The average Bonchev–Trinajstić information content (AvgIpc) is 2.98. The summed E-state index contributed by atoms with van der Waals surface area (Å²) >= 11 is 0. The summed E-state index contributed by atoms with van der Waals surface area (Å²) in [6.07, 6.45) is 9.88. The van der Waals surface area contributed by atoms with Gasteiger partial charge in [-0.2, -0.15) is 0 Å². The molecule has 0 spiro atoms. The van der Waals surface area contributed by atoms with Crippen molar-refractivity contribution in [2.75, 3.05) is 0 Å². The molecule has 0 saturated carbocycles. The van der Waals surface area contributed by atoms with Crippen molar-refractivity contribution in [3.8, 4) is 5.69 Å². The molecule has 1 N–H and O–H groups in total. The minimum atomic E-state index is -0.895. The molecule has 2 aromatic rings. The van der Waals surface area contributed by atoms with Gasteiger partial charge < -0.3 is 9.67 Å². The van der Waals surface area contributed by atoms with E-state index in [4.69, 9.17) is 5.11 Å². The Bertz CT molecular complexity index is 726. The van der Waals surface area contributed by atoms with Crippen LogP contribution in [0.4, 0.5) is 4.39 Å². The molecule has 106 valence electrons. The van der Waals surface area contributed by atoms with Crippen LogP contribution in [0.25, 0.3) is 5.69 Å². The van der Waals surface area contributed by atoms with Crippen molar-refractivity contribution in [2.24, 2.45) is 0 Å². The van der Waals surface area contributed by atoms with Crippen molar-refractivity contribution in [1.29, 1.82) is 0 Å². The number of hydrogen-bond donors (Lipinski definition) is 1. The molecule has 1 heterocycles. The zero-order valence-electron chi connectivity index (χ0n) is 11.2. The van der Waals surface area contributed by atoms with Gasteiger partial charge in [-0.1, -0.05) is 18.2 Å². The van der Waals surface area contributed by atoms with Crippen molar-refractivity contribution in [2.45, 2.75) is 12.3 Å². The molecular weight excluding hydrogens is 269 g/mol. The van der Waals surface area contributed by atoms with Crippen LogP contribution in [0.2, 0.25) is 0 Å². The van der Waals surface area contributed by atoms with Crippen LogP contribution < -0.4 is 0 Å². The zero-order valence-corrected chi connectivity index (χ0v) is 11.2. The predicted molar refractivity (Wildman–Crippen MR) is 77.9 cm³/mol. The maximum absolute atomic E-state index is 12.9. The molecule has 1 aromatic heterocycles. The van der Waals surface area contributed by atoms with Gasteiger partial charge in [-0.05, 0) is 42.3 Å². The zero-order chi connectivity index (χ0) is 14.8. The van der Waals surface area contributed by atoms with E-state index < -0.39 is 5.97 Å². The van der Waals surface area contributed by atoms with E-state index in [9.17, 15) is 9.18 Å². The van der Waals surface area contributed by atoms with E-state index in [1.54, 1.807) is 24.3 Å². The third-order valence-corrected chi connectivity index (χ3v) is 3.62. The Labute approximate surface area is 121 Å². The molecule has 4 heteroatoms. The number of carboxylic acids is 1. The maximum atomic E-state index is 12.9. The molecule has 0 fully saturated rings. The number of benzene rings is 1. The van der Waals surface area contributed by atoms with E-state index in [0.29, 0.717) is 12.0 Å². The molecule has 3 nitrogen and oxygen atoms in total. The molecule has 21 heavy (non-hydrogen) atoms. The van der Waals surface area contributed by atoms with Crippen LogP contribution >= 0.6 is 0 Å². The summed E-state index contributed by atoms with van der Waals surface area (Å²) < 4.78 is 14.9. The van der Waals surface area contributed by atoms with Gasteiger partial charge in [-0.3, -0.25) is 0 Å². The summed E-state index contributed by atoms with van der Waals surface area (Å²) in [4.78, 5) is 10.9. The summed E-state index contributed by atoms with van der Waals surface area (Å²) in [5.41, 5.74) is 2.34. The first-order valence-corrected chi connectivity index (χ1v) is 6.69. The topological polar surface area (TPSA) is 42.2 Å². The Morgan fingerprint density at radius 1 is 1.24 bits per heavy atom. The van der Waals surface area contributed by atoms with Gasteiger partial charge in [0, 0.05) is 24.0 Å². The van der Waals surface area contributed by atoms with Crippen LogP contribution in [-0.4, -0.2) is 15.6 Å². The first-order chi connectivity index (χ1) is 10.1. The standard InChI is InChI=1S/C17H14FNO2/c18-15-5-7-16(8-6-15)19-10-9-14(11-19)12-1-3-13(4-2-12)17(20)21/h1,3-12H,2H2,(H,20,21). The average molecular weight is 283 g/mol. The maximum Gasteiger partial charge on any atom is 0.335 e. The van der Waals surface area contributed by atoms with E-state index in [1.165, 1.54) is 12.1 Å². The Kier molecular flexibility index (Phi) is 3.44. The van der Waals surface area contributed by atoms with Crippen molar-refractivity contribution in [3.05, 3.63) is 77.9 Å². The number of rotatable bonds is 3. The van der Waals surface area contributed by atoms with Gasteiger partial charge in [0.2, 0.25) is 0 Å². The molecule has 1 aromatic carbocycles. The third kappa shape index (κ3) is 2.79. The van der Waals surface area contributed by atoms with Crippen LogP contribution in [0.3, 0.4) is 0 Å². The fourth-order valence-electron chi connectivity index (χ4n) is 2.43. The van der Waals surface area contributed by atoms with E-state index >= 15 is 0 Å². The van der Waals surface area contributed by atoms with Crippen molar-refractivity contribution in [1.82, 2.24) is 4.57 Å². The molecule has 3 rings (SSSR count). The molecule has 1 unspecified atom stereocenters. The molecule has 1 atom stereocenters. The van der Waals surface area contributed by atoms with Crippen LogP contribution in [0.15, 0.2) is 66.5 Å².